The standard InChI is InChI=1S/C8H15NO4/c1-4-12-8(11)9-6(2)5-13-7(3)10/h6H,4-5H2,1-3H3,(H,9,11)/t6-/m1/s1. The van der Waals surface area contributed by atoms with E-state index < -0.39 is 6.09 Å². The molecule has 0 aromatic rings. The Morgan fingerprint density at radius 3 is 2.46 bits per heavy atom. The third-order valence-corrected chi connectivity index (χ3v) is 1.18. The van der Waals surface area contributed by atoms with Crippen LogP contribution in [0.5, 0.6) is 0 Å². The smallest absolute Gasteiger partial charge is 0.407 e. The molecule has 0 aliphatic heterocycles. The molecule has 0 aromatic carbocycles. The maximum Gasteiger partial charge on any atom is 0.407 e. The fraction of sp³-hybridized carbons (Fsp3) is 0.750. The summed E-state index contributed by atoms with van der Waals surface area (Å²) >= 11 is 0. The van der Waals surface area contributed by atoms with Gasteiger partial charge in [-0.1, -0.05) is 0 Å². The van der Waals surface area contributed by atoms with Gasteiger partial charge in [-0.2, -0.15) is 0 Å². The summed E-state index contributed by atoms with van der Waals surface area (Å²) in [5.74, 6) is -0.363. The highest BCUT2D eigenvalue weighted by Gasteiger charge is 2.08. The average Bonchev–Trinajstić information content (AvgIpc) is 2.01. The van der Waals surface area contributed by atoms with Gasteiger partial charge in [0, 0.05) is 6.92 Å². The topological polar surface area (TPSA) is 64.6 Å². The highest BCUT2D eigenvalue weighted by molar-refractivity contribution is 5.68. The van der Waals surface area contributed by atoms with Gasteiger partial charge in [0.2, 0.25) is 0 Å². The number of carbonyl (C=O) groups is 2. The summed E-state index contributed by atoms with van der Waals surface area (Å²) in [6.45, 7) is 5.24. The molecule has 1 atom stereocenters. The second-order valence-electron chi connectivity index (χ2n) is 2.57. The molecule has 0 aromatic heterocycles. The Labute approximate surface area is 77.4 Å². The minimum atomic E-state index is -0.498. The molecule has 0 heterocycles. The predicted molar refractivity (Wildman–Crippen MR) is 46.3 cm³/mol. The van der Waals surface area contributed by atoms with Crippen molar-refractivity contribution >= 4 is 12.1 Å². The van der Waals surface area contributed by atoms with Crippen molar-refractivity contribution in [1.82, 2.24) is 5.32 Å². The fourth-order valence-corrected chi connectivity index (χ4v) is 0.658. The Bertz CT molecular complexity index is 181. The van der Waals surface area contributed by atoms with Gasteiger partial charge in [0.25, 0.3) is 0 Å². The first-order valence-electron chi connectivity index (χ1n) is 4.13. The van der Waals surface area contributed by atoms with Crippen LogP contribution in [-0.4, -0.2) is 31.3 Å². The fourth-order valence-electron chi connectivity index (χ4n) is 0.658. The molecule has 0 rings (SSSR count). The maximum absolute atomic E-state index is 10.8. The zero-order valence-electron chi connectivity index (χ0n) is 8.12. The summed E-state index contributed by atoms with van der Waals surface area (Å²) in [4.78, 5) is 21.2. The van der Waals surface area contributed by atoms with Crippen molar-refractivity contribution in [3.05, 3.63) is 0 Å². The largest absolute Gasteiger partial charge is 0.464 e. The summed E-state index contributed by atoms with van der Waals surface area (Å²) < 4.78 is 9.30. The molecule has 0 aliphatic rings. The molecule has 0 aliphatic carbocycles. The van der Waals surface area contributed by atoms with Crippen LogP contribution in [0, 0.1) is 0 Å². The molecule has 0 spiro atoms. The summed E-state index contributed by atoms with van der Waals surface area (Å²) in [6.07, 6.45) is -0.498. The molecule has 5 heteroatoms. The SMILES string of the molecule is CCOC(=O)N[C@H](C)COC(C)=O. The molecule has 0 saturated carbocycles. The van der Waals surface area contributed by atoms with Crippen LogP contribution in [0.3, 0.4) is 0 Å². The van der Waals surface area contributed by atoms with E-state index in [1.54, 1.807) is 13.8 Å². The quantitative estimate of drug-likeness (QED) is 0.660. The Balaban J connectivity index is 3.55. The van der Waals surface area contributed by atoms with Gasteiger partial charge >= 0.3 is 12.1 Å². The van der Waals surface area contributed by atoms with E-state index in [9.17, 15) is 9.59 Å². The van der Waals surface area contributed by atoms with Gasteiger partial charge in [0.1, 0.15) is 6.61 Å². The maximum atomic E-state index is 10.8. The van der Waals surface area contributed by atoms with Gasteiger partial charge in [-0.25, -0.2) is 4.79 Å². The molecule has 13 heavy (non-hydrogen) atoms. The van der Waals surface area contributed by atoms with Gasteiger partial charge in [0.05, 0.1) is 12.6 Å². The third-order valence-electron chi connectivity index (χ3n) is 1.18. The van der Waals surface area contributed by atoms with Crippen LogP contribution < -0.4 is 5.32 Å². The lowest BCUT2D eigenvalue weighted by Gasteiger charge is -2.12. The van der Waals surface area contributed by atoms with Crippen molar-refractivity contribution in [1.29, 1.82) is 0 Å². The predicted octanol–water partition coefficient (Wildman–Crippen LogP) is 0.684. The summed E-state index contributed by atoms with van der Waals surface area (Å²) in [5.41, 5.74) is 0. The summed E-state index contributed by atoms with van der Waals surface area (Å²) in [6, 6.07) is -0.233. The number of amides is 1. The van der Waals surface area contributed by atoms with Crippen LogP contribution in [0.2, 0.25) is 0 Å². The summed E-state index contributed by atoms with van der Waals surface area (Å²) in [7, 11) is 0. The molecule has 0 radical (unpaired) electrons. The molecule has 76 valence electrons. The highest BCUT2D eigenvalue weighted by atomic mass is 16.6. The number of hydrogen-bond acceptors (Lipinski definition) is 4. The number of rotatable bonds is 4. The first-order chi connectivity index (χ1) is 6.06. The molecule has 0 unspecified atom stereocenters. The van der Waals surface area contributed by atoms with Crippen LogP contribution in [0.15, 0.2) is 0 Å². The van der Waals surface area contributed by atoms with Crippen LogP contribution in [0.4, 0.5) is 4.79 Å². The van der Waals surface area contributed by atoms with Crippen molar-refractivity contribution in [2.24, 2.45) is 0 Å². The summed E-state index contributed by atoms with van der Waals surface area (Å²) in [5, 5.41) is 2.50. The van der Waals surface area contributed by atoms with Gasteiger partial charge in [-0.05, 0) is 13.8 Å². The first-order valence-corrected chi connectivity index (χ1v) is 4.13. The Hall–Kier alpha value is -1.26. The Morgan fingerprint density at radius 1 is 1.38 bits per heavy atom. The minimum Gasteiger partial charge on any atom is -0.464 e. The zero-order chi connectivity index (χ0) is 10.3. The normalized spacial score (nSPS) is 11.6. The van der Waals surface area contributed by atoms with Crippen LogP contribution in [0.1, 0.15) is 20.8 Å². The van der Waals surface area contributed by atoms with Gasteiger partial charge < -0.3 is 14.8 Å². The second-order valence-corrected chi connectivity index (χ2v) is 2.57. The third kappa shape index (κ3) is 7.11. The lowest BCUT2D eigenvalue weighted by molar-refractivity contribution is -0.141. The molecule has 5 nitrogen and oxygen atoms in total. The van der Waals surface area contributed by atoms with Crippen molar-refractivity contribution in [3.8, 4) is 0 Å². The second kappa shape index (κ2) is 6.28. The van der Waals surface area contributed by atoms with Crippen LogP contribution in [-0.2, 0) is 14.3 Å². The molecule has 0 fully saturated rings. The van der Waals surface area contributed by atoms with E-state index in [0.717, 1.165) is 0 Å². The van der Waals surface area contributed by atoms with Crippen LogP contribution >= 0.6 is 0 Å². The first kappa shape index (κ1) is 11.7. The number of alkyl carbamates (subject to hydrolysis) is 1. The van der Waals surface area contributed by atoms with E-state index in [1.807, 2.05) is 0 Å². The number of esters is 1. The van der Waals surface area contributed by atoms with Crippen molar-refractivity contribution in [3.63, 3.8) is 0 Å². The van der Waals surface area contributed by atoms with Crippen molar-refractivity contribution < 1.29 is 19.1 Å². The van der Waals surface area contributed by atoms with E-state index in [4.69, 9.17) is 0 Å². The van der Waals surface area contributed by atoms with Gasteiger partial charge in [0.15, 0.2) is 0 Å². The number of ether oxygens (including phenoxy) is 2. The van der Waals surface area contributed by atoms with E-state index in [-0.39, 0.29) is 18.6 Å². The lowest BCUT2D eigenvalue weighted by atomic mass is 10.4. The zero-order valence-corrected chi connectivity index (χ0v) is 8.12. The van der Waals surface area contributed by atoms with Gasteiger partial charge in [-0.3, -0.25) is 4.79 Å². The number of hydrogen-bond donors (Lipinski definition) is 1. The van der Waals surface area contributed by atoms with Crippen molar-refractivity contribution in [2.75, 3.05) is 13.2 Å². The lowest BCUT2D eigenvalue weighted by Crippen LogP contribution is -2.36. The van der Waals surface area contributed by atoms with Crippen molar-refractivity contribution in [2.45, 2.75) is 26.8 Å². The van der Waals surface area contributed by atoms with Gasteiger partial charge in [-0.15, -0.1) is 0 Å². The molecular weight excluding hydrogens is 174 g/mol. The van der Waals surface area contributed by atoms with E-state index >= 15 is 0 Å². The van der Waals surface area contributed by atoms with E-state index in [0.29, 0.717) is 6.61 Å². The number of nitrogens with one attached hydrogen (secondary N) is 1. The van der Waals surface area contributed by atoms with E-state index in [2.05, 4.69) is 14.8 Å². The highest BCUT2D eigenvalue weighted by Crippen LogP contribution is 1.87. The average molecular weight is 189 g/mol. The Morgan fingerprint density at radius 2 is 2.00 bits per heavy atom. The van der Waals surface area contributed by atoms with Crippen LogP contribution in [0.25, 0.3) is 0 Å². The molecule has 0 saturated heterocycles. The Kier molecular flexibility index (Phi) is 5.67. The molecule has 0 bridgehead atoms. The monoisotopic (exact) mass is 189 g/mol. The number of carbonyl (C=O) groups excluding carboxylic acids is 2. The minimum absolute atomic E-state index is 0.161. The molecular formula is C8H15NO4. The molecule has 1 N–H and O–H groups in total. The molecule has 1 amide bonds. The van der Waals surface area contributed by atoms with E-state index in [1.165, 1.54) is 6.92 Å².